The fourth-order valence-electron chi connectivity index (χ4n) is 7.88. The Morgan fingerprint density at radius 3 is 1.96 bits per heavy atom. The second kappa shape index (κ2) is 8.68. The van der Waals surface area contributed by atoms with Crippen LogP contribution in [0.1, 0.15) is 0 Å². The number of aromatic nitrogens is 4. The molecule has 7 aromatic carbocycles. The molecule has 0 atom stereocenters. The van der Waals surface area contributed by atoms with Crippen molar-refractivity contribution < 1.29 is 0 Å². The van der Waals surface area contributed by atoms with Crippen molar-refractivity contribution in [3.05, 3.63) is 146 Å². The van der Waals surface area contributed by atoms with Gasteiger partial charge in [-0.15, -0.1) is 0 Å². The summed E-state index contributed by atoms with van der Waals surface area (Å²) >= 11 is 0. The van der Waals surface area contributed by atoms with Gasteiger partial charge in [-0.3, -0.25) is 4.57 Å². The van der Waals surface area contributed by atoms with Crippen LogP contribution in [0.4, 0.5) is 0 Å². The zero-order valence-corrected chi connectivity index (χ0v) is 24.6. The van der Waals surface area contributed by atoms with Crippen LogP contribution < -0.4 is 0 Å². The molecule has 0 aliphatic rings. The van der Waals surface area contributed by atoms with Gasteiger partial charge in [-0.05, 0) is 51.9 Å². The molecule has 4 aromatic heterocycles. The fraction of sp³-hybridized carbons (Fsp3) is 0. The second-order valence-electron chi connectivity index (χ2n) is 12.2. The Labute approximate surface area is 262 Å². The highest BCUT2D eigenvalue weighted by Gasteiger charge is 2.26. The van der Waals surface area contributed by atoms with Crippen LogP contribution in [-0.4, -0.2) is 18.9 Å². The van der Waals surface area contributed by atoms with Gasteiger partial charge in [0.05, 0.1) is 38.8 Å². The number of rotatable bonds is 2. The minimum atomic E-state index is 0.677. The van der Waals surface area contributed by atoms with E-state index in [0.29, 0.717) is 5.95 Å². The van der Waals surface area contributed by atoms with E-state index in [1.54, 1.807) is 0 Å². The summed E-state index contributed by atoms with van der Waals surface area (Å²) in [5, 5.41) is 10.9. The molecule has 0 spiro atoms. The highest BCUT2D eigenvalue weighted by atomic mass is 15.2. The molecule has 11 rings (SSSR count). The van der Waals surface area contributed by atoms with Crippen LogP contribution in [0.5, 0.6) is 0 Å². The van der Waals surface area contributed by atoms with E-state index in [1.807, 2.05) is 0 Å². The summed E-state index contributed by atoms with van der Waals surface area (Å²) in [7, 11) is 0. The normalized spacial score (nSPS) is 12.3. The topological polar surface area (TPSA) is 35.1 Å². The molecule has 4 heteroatoms. The Morgan fingerprint density at radius 1 is 0.413 bits per heavy atom. The summed E-state index contributed by atoms with van der Waals surface area (Å²) in [6.45, 7) is 0. The molecule has 0 bridgehead atoms. The molecule has 0 amide bonds. The molecule has 0 radical (unpaired) electrons. The average Bonchev–Trinajstić information content (AvgIpc) is 3.75. The standard InChI is InChI=1S/C42H24N4/c1-2-12-26-23-28(22-21-25(26)11-1)38-30-15-5-8-18-34(30)43-42(44-38)46-36-20-10-7-17-32(36)40-41(46)33-24-27-13-3-4-14-29(27)37-31-16-6-9-19-35(31)45(40)39(33)37/h1-24H. The lowest BCUT2D eigenvalue weighted by Crippen LogP contribution is -2.03. The van der Waals surface area contributed by atoms with E-state index in [2.05, 4.69) is 155 Å². The first-order valence-electron chi connectivity index (χ1n) is 15.7. The van der Waals surface area contributed by atoms with E-state index in [9.17, 15) is 0 Å². The van der Waals surface area contributed by atoms with Gasteiger partial charge in [0.25, 0.3) is 0 Å². The number of benzene rings is 7. The summed E-state index contributed by atoms with van der Waals surface area (Å²) in [5.74, 6) is 0.677. The Hall–Kier alpha value is -6.26. The fourth-order valence-corrected chi connectivity index (χ4v) is 7.88. The summed E-state index contributed by atoms with van der Waals surface area (Å²) in [6.07, 6.45) is 0. The third kappa shape index (κ3) is 3.03. The molecule has 4 nitrogen and oxygen atoms in total. The number of fused-ring (bicyclic) bond motifs is 12. The van der Waals surface area contributed by atoms with Gasteiger partial charge in [0.2, 0.25) is 5.95 Å². The van der Waals surface area contributed by atoms with E-state index in [-0.39, 0.29) is 0 Å². The lowest BCUT2D eigenvalue weighted by Gasteiger charge is -2.12. The van der Waals surface area contributed by atoms with E-state index >= 15 is 0 Å². The van der Waals surface area contributed by atoms with Gasteiger partial charge < -0.3 is 4.40 Å². The van der Waals surface area contributed by atoms with Crippen LogP contribution in [0.3, 0.4) is 0 Å². The van der Waals surface area contributed by atoms with Crippen LogP contribution in [-0.2, 0) is 0 Å². The van der Waals surface area contributed by atoms with Crippen molar-refractivity contribution in [1.29, 1.82) is 0 Å². The molecule has 11 aromatic rings. The molecular weight excluding hydrogens is 560 g/mol. The molecule has 0 saturated carbocycles. The zero-order chi connectivity index (χ0) is 29.9. The van der Waals surface area contributed by atoms with Gasteiger partial charge >= 0.3 is 0 Å². The highest BCUT2D eigenvalue weighted by molar-refractivity contribution is 6.33. The Balaban J connectivity index is 1.34. The summed E-state index contributed by atoms with van der Waals surface area (Å²) in [5.41, 5.74) is 8.83. The lowest BCUT2D eigenvalue weighted by molar-refractivity contribution is 1.02. The van der Waals surface area contributed by atoms with E-state index in [1.165, 1.54) is 59.6 Å². The van der Waals surface area contributed by atoms with Crippen LogP contribution >= 0.6 is 0 Å². The van der Waals surface area contributed by atoms with Crippen molar-refractivity contribution in [2.75, 3.05) is 0 Å². The van der Waals surface area contributed by atoms with Gasteiger partial charge in [-0.25, -0.2) is 9.97 Å². The SMILES string of the molecule is c1ccc2cc(-c3nc(-n4c5ccccc5c5c4c4cc6ccccc6c6c7ccccc7n5c46)nc4ccccc34)ccc2c1. The lowest BCUT2D eigenvalue weighted by atomic mass is 10.0. The monoisotopic (exact) mass is 584 g/mol. The van der Waals surface area contributed by atoms with E-state index < -0.39 is 0 Å². The first kappa shape index (κ1) is 24.1. The molecule has 0 saturated heterocycles. The van der Waals surface area contributed by atoms with Gasteiger partial charge in [0.15, 0.2) is 0 Å². The Kier molecular flexibility index (Phi) is 4.55. The van der Waals surface area contributed by atoms with Gasteiger partial charge in [0.1, 0.15) is 0 Å². The molecule has 4 heterocycles. The Morgan fingerprint density at radius 2 is 1.09 bits per heavy atom. The van der Waals surface area contributed by atoms with Crippen molar-refractivity contribution in [3.8, 4) is 17.2 Å². The third-order valence-electron chi connectivity index (χ3n) is 9.80. The summed E-state index contributed by atoms with van der Waals surface area (Å²) < 4.78 is 4.78. The maximum atomic E-state index is 5.43. The minimum absolute atomic E-state index is 0.677. The largest absolute Gasteiger partial charge is 0.306 e. The summed E-state index contributed by atoms with van der Waals surface area (Å²) in [4.78, 5) is 10.7. The van der Waals surface area contributed by atoms with Gasteiger partial charge in [-0.1, -0.05) is 115 Å². The first-order chi connectivity index (χ1) is 22.8. The van der Waals surface area contributed by atoms with Crippen molar-refractivity contribution in [2.24, 2.45) is 0 Å². The maximum absolute atomic E-state index is 5.43. The van der Waals surface area contributed by atoms with Crippen molar-refractivity contribution in [3.63, 3.8) is 0 Å². The smallest absolute Gasteiger partial charge is 0.235 e. The highest BCUT2D eigenvalue weighted by Crippen LogP contribution is 2.46. The maximum Gasteiger partial charge on any atom is 0.235 e. The third-order valence-corrected chi connectivity index (χ3v) is 9.80. The predicted molar refractivity (Wildman–Crippen MR) is 191 cm³/mol. The molecule has 0 fully saturated rings. The molecule has 0 N–H and O–H groups in total. The molecule has 46 heavy (non-hydrogen) atoms. The predicted octanol–water partition coefficient (Wildman–Crippen LogP) is 10.7. The molecule has 212 valence electrons. The number of nitrogens with zero attached hydrogens (tertiary/aromatic N) is 4. The first-order valence-corrected chi connectivity index (χ1v) is 15.7. The number of hydrogen-bond donors (Lipinski definition) is 0. The summed E-state index contributed by atoms with van der Waals surface area (Å²) in [6, 6.07) is 52.1. The second-order valence-corrected chi connectivity index (χ2v) is 12.2. The van der Waals surface area contributed by atoms with Crippen LogP contribution in [0.2, 0.25) is 0 Å². The van der Waals surface area contributed by atoms with Gasteiger partial charge in [-0.2, -0.15) is 0 Å². The van der Waals surface area contributed by atoms with Gasteiger partial charge in [0, 0.05) is 32.5 Å². The van der Waals surface area contributed by atoms with E-state index in [0.717, 1.165) is 33.2 Å². The van der Waals surface area contributed by atoms with Crippen molar-refractivity contribution in [1.82, 2.24) is 18.9 Å². The van der Waals surface area contributed by atoms with E-state index in [4.69, 9.17) is 9.97 Å². The minimum Gasteiger partial charge on any atom is -0.306 e. The molecule has 0 aliphatic heterocycles. The quantitative estimate of drug-likeness (QED) is 0.203. The Bertz CT molecular complexity index is 3030. The average molecular weight is 585 g/mol. The van der Waals surface area contributed by atoms with Crippen molar-refractivity contribution in [2.45, 2.75) is 0 Å². The van der Waals surface area contributed by atoms with Crippen LogP contribution in [0, 0.1) is 0 Å². The zero-order valence-electron chi connectivity index (χ0n) is 24.6. The van der Waals surface area contributed by atoms with Crippen LogP contribution in [0.25, 0.3) is 98.8 Å². The molecular formula is C42H24N4. The number of para-hydroxylation sites is 3. The molecule has 0 unspecified atom stereocenters. The molecule has 0 aliphatic carbocycles. The van der Waals surface area contributed by atoms with Crippen LogP contribution in [0.15, 0.2) is 146 Å². The number of hydrogen-bond acceptors (Lipinski definition) is 2. The van der Waals surface area contributed by atoms with Crippen molar-refractivity contribution >= 4 is 81.6 Å².